The van der Waals surface area contributed by atoms with Gasteiger partial charge in [-0.25, -0.2) is 0 Å². The van der Waals surface area contributed by atoms with E-state index in [0.717, 1.165) is 0 Å². The molecular weight excluding hydrogens is 124 g/mol. The predicted octanol–water partition coefficient (Wildman–Crippen LogP) is 4.58. The van der Waals surface area contributed by atoms with E-state index in [1.54, 1.807) is 0 Å². The van der Waals surface area contributed by atoms with Crippen molar-refractivity contribution in [2.24, 2.45) is 0 Å². The maximum absolute atomic E-state index is 8.00. The summed E-state index contributed by atoms with van der Waals surface area (Å²) in [6.45, 7) is 0. The molecule has 0 saturated heterocycles. The summed E-state index contributed by atoms with van der Waals surface area (Å²) in [7, 11) is 0. The van der Waals surface area contributed by atoms with Crippen LogP contribution in [0, 0.1) is 0 Å². The molecule has 0 rings (SSSR count). The molecule has 0 heterocycles. The number of halogens is 4. The molecule has 0 N–H and O–H groups in total. The average Bonchev–Trinajstić information content (AvgIpc) is 1.50. The summed E-state index contributed by atoms with van der Waals surface area (Å²) in [6, 6.07) is 0. The van der Waals surface area contributed by atoms with E-state index in [9.17, 15) is 0 Å². The molecule has 0 saturated carbocycles. The number of rotatable bonds is 0. The van der Waals surface area contributed by atoms with Crippen LogP contribution in [0.4, 0.5) is 18.3 Å². The van der Waals surface area contributed by atoms with Crippen LogP contribution >= 0.6 is 0 Å². The van der Waals surface area contributed by atoms with Gasteiger partial charge in [-0.2, -0.15) is 0 Å². The molecule has 0 unspecified atom stereocenters. The Morgan fingerprint density at radius 1 is 0.625 bits per heavy atom. The maximum Gasteiger partial charge on any atom is 0 e. The topological polar surface area (TPSA) is 0 Å². The maximum atomic E-state index is 8.00. The molecule has 0 amide bonds. The lowest BCUT2D eigenvalue weighted by molar-refractivity contribution is 0.108. The van der Waals surface area contributed by atoms with Crippen LogP contribution in [-0.2, 0) is 0 Å². The molecule has 0 aliphatic carbocycles. The largest absolute Gasteiger partial charge is 1.00 e. The van der Waals surface area contributed by atoms with Gasteiger partial charge in [-0.15, -0.1) is 0 Å². The smallest absolute Gasteiger partial charge is 0 e. The Bertz CT molecular complexity index is 15.2. The third-order valence-electron chi connectivity index (χ3n) is 0. The molecule has 4 heteroatoms. The molecule has 0 spiro atoms. The first-order valence-electron chi connectivity index (χ1n) is 0.286. The van der Waals surface area contributed by atoms with Gasteiger partial charge in [-0.05, 0) is 0 Å². The van der Waals surface area contributed by atoms with E-state index in [2.05, 4.69) is 0 Å². The second-order valence-corrected chi connectivity index (χ2v) is 0. The SMILES string of the molecule is C.C.C.C.FF.FF.[3H-].[3HH]. The molecular formula is C4H19F4-. The van der Waals surface area contributed by atoms with Crippen LogP contribution in [0.2, 0.25) is 0 Å². The monoisotopic (exact) mass is 147 g/mol. The summed E-state index contributed by atoms with van der Waals surface area (Å²) in [5.41, 5.74) is 0. The van der Waals surface area contributed by atoms with Gasteiger partial charge in [0.2, 0.25) is 0 Å². The lowest BCUT2D eigenvalue weighted by Crippen LogP contribution is -0.580. The molecule has 0 radical (unpaired) electrons. The van der Waals surface area contributed by atoms with Crippen molar-refractivity contribution in [3.8, 4) is 0 Å². The first-order valence-corrected chi connectivity index (χ1v) is 0.286. The predicted molar refractivity (Wildman–Crippen MR) is 34.6 cm³/mol. The summed E-state index contributed by atoms with van der Waals surface area (Å²) < 4.78 is 32.0. The minimum atomic E-state index is 0. The van der Waals surface area contributed by atoms with Crippen LogP contribution in [0.15, 0.2) is 0 Å². The summed E-state index contributed by atoms with van der Waals surface area (Å²) in [4.78, 5) is 0. The van der Waals surface area contributed by atoms with Crippen LogP contribution in [-0.4, -0.2) is 0 Å². The molecule has 0 aromatic carbocycles. The minimum absolute atomic E-state index is 0. The summed E-state index contributed by atoms with van der Waals surface area (Å²) >= 11 is 0. The lowest BCUT2D eigenvalue weighted by atomic mass is 12.0. The van der Waals surface area contributed by atoms with Crippen molar-refractivity contribution in [3.05, 3.63) is 0 Å². The molecule has 0 aromatic rings. The van der Waals surface area contributed by atoms with Gasteiger partial charge in [0.05, 0.1) is 0 Å². The van der Waals surface area contributed by atoms with Crippen LogP contribution < -0.4 is 0 Å². The quantitative estimate of drug-likeness (QED) is 0.440. The molecule has 0 fully saturated rings. The number of hydrogen-bond acceptors (Lipinski definition) is 0. The van der Waals surface area contributed by atoms with E-state index in [-0.39, 0.29) is 32.6 Å². The van der Waals surface area contributed by atoms with Crippen LogP contribution in [0.25, 0.3) is 0 Å². The molecule has 0 aromatic heterocycles. The van der Waals surface area contributed by atoms with Gasteiger partial charge in [0.25, 0.3) is 0 Å². The van der Waals surface area contributed by atoms with Gasteiger partial charge in [-0.3, -0.25) is 0 Å². The Kier molecular flexibility index (Phi) is 41300. The van der Waals surface area contributed by atoms with Crippen molar-refractivity contribution < 1.29 is 21.2 Å². The molecule has 8 heavy (non-hydrogen) atoms. The summed E-state index contributed by atoms with van der Waals surface area (Å²) in [5.74, 6) is 0. The third-order valence-corrected chi connectivity index (χ3v) is 0. The third kappa shape index (κ3) is 1630. The van der Waals surface area contributed by atoms with E-state index < -0.39 is 0 Å². The van der Waals surface area contributed by atoms with Gasteiger partial charge in [-0.1, -0.05) is 29.7 Å². The van der Waals surface area contributed by atoms with Crippen molar-refractivity contribution >= 4 is 0 Å². The van der Waals surface area contributed by atoms with Gasteiger partial charge in [0.15, 0.2) is 0 Å². The minimum Gasteiger partial charge on any atom is -1.00 e. The fraction of sp³-hybridized carbons (Fsp3) is 1.00. The van der Waals surface area contributed by atoms with Crippen molar-refractivity contribution in [1.82, 2.24) is 0 Å². The zero-order chi connectivity index (χ0) is 4.00. The Morgan fingerprint density at radius 2 is 0.625 bits per heavy atom. The number of hydrogen-bond donors (Lipinski definition) is 0. The molecule has 0 atom stereocenters. The van der Waals surface area contributed by atoms with E-state index in [0.29, 0.717) is 0 Å². The van der Waals surface area contributed by atoms with E-state index in [1.807, 2.05) is 0 Å². The highest BCUT2D eigenvalue weighted by Gasteiger charge is 1.00. The summed E-state index contributed by atoms with van der Waals surface area (Å²) in [6.07, 6.45) is 0. The van der Waals surface area contributed by atoms with Gasteiger partial charge in [0.1, 0.15) is 0 Å². The van der Waals surface area contributed by atoms with Crippen molar-refractivity contribution in [2.75, 3.05) is 0 Å². The van der Waals surface area contributed by atoms with Gasteiger partial charge in [0, 0.05) is 19.7 Å². The van der Waals surface area contributed by atoms with Gasteiger partial charge < -0.3 is 1.43 Å². The Balaban J connectivity index is -0.000000000833. The Hall–Kier alpha value is -0.280. The van der Waals surface area contributed by atoms with E-state index in [4.69, 9.17) is 18.3 Å². The van der Waals surface area contributed by atoms with Crippen LogP contribution in [0.1, 0.15) is 32.6 Å². The fourth-order valence-corrected chi connectivity index (χ4v) is 0. The second-order valence-electron chi connectivity index (χ2n) is 0. The van der Waals surface area contributed by atoms with E-state index in [1.165, 1.54) is 0 Å². The molecule has 0 nitrogen and oxygen atoms in total. The molecule has 0 bridgehead atoms. The highest BCUT2D eigenvalue weighted by molar-refractivity contribution is 2.51. The molecule has 0 aliphatic rings. The average molecular weight is 147 g/mol. The highest BCUT2D eigenvalue weighted by Crippen LogP contribution is 1.42. The second kappa shape index (κ2) is 2800. The zero-order valence-electron chi connectivity index (χ0n) is 2.51. The zero-order valence-corrected chi connectivity index (χ0v) is 1.51. The molecule has 64 valence electrons. The van der Waals surface area contributed by atoms with Crippen molar-refractivity contribution in [2.45, 2.75) is 29.7 Å². The van der Waals surface area contributed by atoms with Crippen LogP contribution in [0.3, 0.4) is 0 Å². The fourth-order valence-electron chi connectivity index (χ4n) is 0. The normalized spacial score (nSPS) is 1.50. The Morgan fingerprint density at radius 3 is 0.625 bits per heavy atom. The van der Waals surface area contributed by atoms with Gasteiger partial charge >= 0.3 is 0 Å². The highest BCUT2D eigenvalue weighted by atomic mass is 20.0. The first kappa shape index (κ1) is 118. The van der Waals surface area contributed by atoms with Crippen LogP contribution in [0.5, 0.6) is 0 Å². The van der Waals surface area contributed by atoms with Crippen molar-refractivity contribution in [3.63, 3.8) is 0 Å². The Labute approximate surface area is 52.2 Å². The standard InChI is InChI=1S/4CH4.2F2.H2.H/c;;;;2*1-2;;/h4*1H4;;;1H;/q;;;;;;;-1/i;;;;;;2*1+2. The summed E-state index contributed by atoms with van der Waals surface area (Å²) in [5, 5.41) is 0. The van der Waals surface area contributed by atoms with E-state index >= 15 is 0 Å². The molecule has 0 aliphatic heterocycles. The first-order chi connectivity index (χ1) is 2.00. The lowest BCUT2D eigenvalue weighted by Gasteiger charge is -1.000. The van der Waals surface area contributed by atoms with Crippen molar-refractivity contribution in [1.29, 1.82) is 0 Å².